The van der Waals surface area contributed by atoms with E-state index in [-0.39, 0.29) is 0 Å². The largest absolute Gasteiger partial charge is 0.352 e. The van der Waals surface area contributed by atoms with Gasteiger partial charge in [0.25, 0.3) is 10.2 Å². The summed E-state index contributed by atoms with van der Waals surface area (Å²) >= 11 is 0. The van der Waals surface area contributed by atoms with Gasteiger partial charge in [0.1, 0.15) is 6.33 Å². The zero-order chi connectivity index (χ0) is 21.3. The van der Waals surface area contributed by atoms with Gasteiger partial charge in [0.15, 0.2) is 17.0 Å². The first-order valence-electron chi connectivity index (χ1n) is 10.7. The summed E-state index contributed by atoms with van der Waals surface area (Å²) in [5.74, 6) is 0.708. The number of piperazine rings is 1. The molecule has 1 aromatic carbocycles. The number of hydrogen-bond donors (Lipinski definition) is 0. The van der Waals surface area contributed by atoms with E-state index in [2.05, 4.69) is 25.2 Å². The molecule has 10 nitrogen and oxygen atoms in total. The van der Waals surface area contributed by atoms with Crippen molar-refractivity contribution < 1.29 is 8.42 Å². The quantitative estimate of drug-likeness (QED) is 0.584. The Balaban J connectivity index is 1.32. The lowest BCUT2D eigenvalue weighted by molar-refractivity contribution is 0.295. The summed E-state index contributed by atoms with van der Waals surface area (Å²) in [5.41, 5.74) is 2.44. The van der Waals surface area contributed by atoms with E-state index < -0.39 is 10.2 Å². The molecular formula is C20H26N8O2S. The third-order valence-electron chi connectivity index (χ3n) is 5.96. The molecule has 2 aliphatic heterocycles. The Morgan fingerprint density at radius 2 is 1.55 bits per heavy atom. The predicted molar refractivity (Wildman–Crippen MR) is 117 cm³/mol. The molecule has 0 N–H and O–H groups in total. The van der Waals surface area contributed by atoms with E-state index in [1.54, 1.807) is 13.3 Å². The van der Waals surface area contributed by atoms with Crippen LogP contribution in [0.1, 0.15) is 24.8 Å². The molecule has 0 aliphatic carbocycles. The molecule has 164 valence electrons. The first-order valence-corrected chi connectivity index (χ1v) is 12.1. The van der Waals surface area contributed by atoms with Gasteiger partial charge >= 0.3 is 0 Å². The van der Waals surface area contributed by atoms with Gasteiger partial charge in [0.2, 0.25) is 0 Å². The Morgan fingerprint density at radius 1 is 0.839 bits per heavy atom. The molecular weight excluding hydrogens is 416 g/mol. The number of anilines is 1. The molecule has 31 heavy (non-hydrogen) atoms. The molecule has 2 fully saturated rings. The van der Waals surface area contributed by atoms with Crippen molar-refractivity contribution in [1.29, 1.82) is 0 Å². The van der Waals surface area contributed by atoms with Crippen LogP contribution in [0.3, 0.4) is 0 Å². The van der Waals surface area contributed by atoms with E-state index in [0.29, 0.717) is 62.8 Å². The first kappa shape index (κ1) is 20.3. The van der Waals surface area contributed by atoms with Crippen LogP contribution in [0, 0.1) is 0 Å². The lowest BCUT2D eigenvalue weighted by Crippen LogP contribution is -2.54. The zero-order valence-electron chi connectivity index (χ0n) is 17.3. The van der Waals surface area contributed by atoms with E-state index in [9.17, 15) is 8.42 Å². The monoisotopic (exact) mass is 442 g/mol. The van der Waals surface area contributed by atoms with Crippen LogP contribution in [0.15, 0.2) is 36.7 Å². The zero-order valence-corrected chi connectivity index (χ0v) is 18.2. The first-order chi connectivity index (χ1) is 15.1. The summed E-state index contributed by atoms with van der Waals surface area (Å²) in [5, 5.41) is 8.62. The van der Waals surface area contributed by atoms with Gasteiger partial charge in [0, 0.05) is 39.3 Å². The fourth-order valence-electron chi connectivity index (χ4n) is 4.26. The van der Waals surface area contributed by atoms with E-state index >= 15 is 0 Å². The topological polar surface area (TPSA) is 100 Å². The van der Waals surface area contributed by atoms with Gasteiger partial charge in [-0.2, -0.15) is 17.0 Å². The van der Waals surface area contributed by atoms with Crippen LogP contribution in [0.2, 0.25) is 0 Å². The smallest absolute Gasteiger partial charge is 0.282 e. The number of benzene rings is 1. The number of nitrogens with zero attached hydrogens (tertiary/aromatic N) is 8. The maximum absolute atomic E-state index is 13.0. The average molecular weight is 443 g/mol. The molecule has 11 heteroatoms. The second kappa shape index (κ2) is 8.48. The highest BCUT2D eigenvalue weighted by Crippen LogP contribution is 2.24. The summed E-state index contributed by atoms with van der Waals surface area (Å²) in [6.07, 6.45) is 4.52. The van der Waals surface area contributed by atoms with Gasteiger partial charge in [-0.05, 0) is 18.4 Å². The summed E-state index contributed by atoms with van der Waals surface area (Å²) in [7, 11) is -3.39. The van der Waals surface area contributed by atoms with E-state index in [0.717, 1.165) is 24.8 Å². The lowest BCUT2D eigenvalue weighted by Gasteiger charge is -2.38. The van der Waals surface area contributed by atoms with Crippen molar-refractivity contribution in [2.24, 2.45) is 0 Å². The number of aromatic nitrogens is 5. The molecule has 3 aromatic rings. The van der Waals surface area contributed by atoms with Gasteiger partial charge in [-0.3, -0.25) is 0 Å². The molecule has 0 atom stereocenters. The maximum Gasteiger partial charge on any atom is 0.282 e. The van der Waals surface area contributed by atoms with Crippen molar-refractivity contribution in [2.75, 3.05) is 44.2 Å². The summed E-state index contributed by atoms with van der Waals surface area (Å²) in [4.78, 5) is 10.9. The normalized spacial score (nSPS) is 19.2. The second-order valence-electron chi connectivity index (χ2n) is 7.96. The Morgan fingerprint density at radius 3 is 2.29 bits per heavy atom. The van der Waals surface area contributed by atoms with Crippen molar-refractivity contribution in [2.45, 2.75) is 25.8 Å². The molecule has 0 unspecified atom stereocenters. The molecule has 0 bridgehead atoms. The molecule has 0 saturated carbocycles. The highest BCUT2D eigenvalue weighted by Gasteiger charge is 2.33. The Bertz CT molecular complexity index is 1140. The minimum Gasteiger partial charge on any atom is -0.352 e. The number of rotatable bonds is 5. The number of piperidine rings is 1. The highest BCUT2D eigenvalue weighted by molar-refractivity contribution is 7.86. The lowest BCUT2D eigenvalue weighted by atomic mass is 10.2. The van der Waals surface area contributed by atoms with Gasteiger partial charge in [-0.1, -0.05) is 42.0 Å². The van der Waals surface area contributed by atoms with Crippen molar-refractivity contribution in [3.8, 4) is 0 Å². The second-order valence-corrected chi connectivity index (χ2v) is 9.88. The van der Waals surface area contributed by atoms with Gasteiger partial charge in [0.05, 0.1) is 6.54 Å². The minimum atomic E-state index is -3.39. The number of fused-ring (bicyclic) bond motifs is 1. The predicted octanol–water partition coefficient (Wildman–Crippen LogP) is 1.12. The van der Waals surface area contributed by atoms with Crippen LogP contribution < -0.4 is 4.90 Å². The molecule has 2 aliphatic rings. The van der Waals surface area contributed by atoms with Crippen molar-refractivity contribution >= 4 is 27.2 Å². The molecule has 0 spiro atoms. The average Bonchev–Trinajstić information content (AvgIpc) is 3.23. The van der Waals surface area contributed by atoms with Crippen molar-refractivity contribution in [1.82, 2.24) is 33.6 Å². The third kappa shape index (κ3) is 4.00. The Kier molecular flexibility index (Phi) is 5.55. The third-order valence-corrected chi connectivity index (χ3v) is 8.00. The molecule has 2 saturated heterocycles. The fraction of sp³-hybridized carbons (Fsp3) is 0.500. The minimum absolute atomic E-state index is 0.433. The summed E-state index contributed by atoms with van der Waals surface area (Å²) in [6.45, 7) is 3.81. The van der Waals surface area contributed by atoms with Gasteiger partial charge in [-0.15, -0.1) is 5.10 Å². The van der Waals surface area contributed by atoms with Crippen molar-refractivity contribution in [3.05, 3.63) is 42.2 Å². The molecule has 4 heterocycles. The van der Waals surface area contributed by atoms with Crippen LogP contribution >= 0.6 is 0 Å². The summed E-state index contributed by atoms with van der Waals surface area (Å²) < 4.78 is 30.9. The SMILES string of the molecule is O=S(=O)(N1CCCCC1)N1CCN(c2ncnc3c2nnn3Cc2ccccc2)CC1. The molecule has 0 amide bonds. The van der Waals surface area contributed by atoms with E-state index in [1.165, 1.54) is 6.33 Å². The van der Waals surface area contributed by atoms with Crippen LogP contribution in [-0.2, 0) is 16.8 Å². The molecule has 2 aromatic heterocycles. The summed E-state index contributed by atoms with van der Waals surface area (Å²) in [6, 6.07) is 10.0. The fourth-order valence-corrected chi connectivity index (χ4v) is 5.93. The van der Waals surface area contributed by atoms with Crippen LogP contribution in [0.25, 0.3) is 11.2 Å². The van der Waals surface area contributed by atoms with Crippen LogP contribution in [-0.4, -0.2) is 81.3 Å². The van der Waals surface area contributed by atoms with Gasteiger partial charge < -0.3 is 4.90 Å². The maximum atomic E-state index is 13.0. The van der Waals surface area contributed by atoms with E-state index in [4.69, 9.17) is 0 Å². The number of hydrogen-bond acceptors (Lipinski definition) is 7. The van der Waals surface area contributed by atoms with Crippen molar-refractivity contribution in [3.63, 3.8) is 0 Å². The van der Waals surface area contributed by atoms with Crippen LogP contribution in [0.4, 0.5) is 5.82 Å². The highest BCUT2D eigenvalue weighted by atomic mass is 32.2. The standard InChI is InChI=1S/C20H26N8O2S/c29-31(30,26-9-5-2-6-10-26)27-13-11-25(12-14-27)19-18-20(22-16-21-19)28(24-23-18)15-17-7-3-1-4-8-17/h1,3-4,7-8,16H,2,5-6,9-15H2. The van der Waals surface area contributed by atoms with Gasteiger partial charge in [-0.25, -0.2) is 14.6 Å². The molecule has 5 rings (SSSR count). The van der Waals surface area contributed by atoms with Crippen LogP contribution in [0.5, 0.6) is 0 Å². The Hall–Kier alpha value is -2.63. The van der Waals surface area contributed by atoms with E-state index in [1.807, 2.05) is 30.3 Å². The molecule has 0 radical (unpaired) electrons. The Labute approximate surface area is 181 Å².